The standard InChI is InChI=1S/C18H19NO3S/c1-11(10-14(20)15-7-5-9-22-15)19-18(21)17-12(2)13-6-3-4-8-16(13)23-17/h3-9,11,14,20H,10H2,1-2H3,(H,19,21)/t11-,14+/m0/s1. The first-order valence-electron chi connectivity index (χ1n) is 7.56. The Morgan fingerprint density at radius 3 is 2.78 bits per heavy atom. The fraction of sp³-hybridized carbons (Fsp3) is 0.278. The van der Waals surface area contributed by atoms with Gasteiger partial charge in [-0.15, -0.1) is 11.3 Å². The topological polar surface area (TPSA) is 62.5 Å². The normalized spacial score (nSPS) is 13.9. The Labute approximate surface area is 138 Å². The zero-order valence-corrected chi connectivity index (χ0v) is 13.9. The van der Waals surface area contributed by atoms with Gasteiger partial charge in [-0.05, 0) is 43.0 Å². The van der Waals surface area contributed by atoms with Crippen LogP contribution in [0.3, 0.4) is 0 Å². The highest BCUT2D eigenvalue weighted by Gasteiger charge is 2.20. The zero-order chi connectivity index (χ0) is 16.4. The van der Waals surface area contributed by atoms with E-state index in [1.807, 2.05) is 38.1 Å². The molecule has 0 unspecified atom stereocenters. The Balaban J connectivity index is 1.69. The highest BCUT2D eigenvalue weighted by Crippen LogP contribution is 2.30. The molecule has 0 saturated carbocycles. The molecule has 3 aromatic rings. The number of rotatable bonds is 5. The predicted octanol–water partition coefficient (Wildman–Crippen LogP) is 4.04. The lowest BCUT2D eigenvalue weighted by atomic mass is 10.1. The van der Waals surface area contributed by atoms with Gasteiger partial charge < -0.3 is 14.8 Å². The highest BCUT2D eigenvalue weighted by molar-refractivity contribution is 7.21. The summed E-state index contributed by atoms with van der Waals surface area (Å²) in [6, 6.07) is 11.3. The summed E-state index contributed by atoms with van der Waals surface area (Å²) in [7, 11) is 0. The van der Waals surface area contributed by atoms with Crippen molar-refractivity contribution in [3.8, 4) is 0 Å². The number of thiophene rings is 1. The maximum Gasteiger partial charge on any atom is 0.261 e. The van der Waals surface area contributed by atoms with Gasteiger partial charge in [0.2, 0.25) is 0 Å². The molecular weight excluding hydrogens is 310 g/mol. The number of nitrogens with one attached hydrogen (secondary N) is 1. The van der Waals surface area contributed by atoms with Crippen molar-refractivity contribution in [1.29, 1.82) is 0 Å². The fourth-order valence-corrected chi connectivity index (χ4v) is 3.78. The van der Waals surface area contributed by atoms with Gasteiger partial charge in [0.05, 0.1) is 11.1 Å². The Kier molecular flexibility index (Phi) is 4.50. The van der Waals surface area contributed by atoms with Crippen LogP contribution in [-0.2, 0) is 0 Å². The van der Waals surface area contributed by atoms with Crippen molar-refractivity contribution < 1.29 is 14.3 Å². The lowest BCUT2D eigenvalue weighted by Gasteiger charge is -2.16. The van der Waals surface area contributed by atoms with Gasteiger partial charge >= 0.3 is 0 Å². The first-order chi connectivity index (χ1) is 11.1. The van der Waals surface area contributed by atoms with Crippen LogP contribution >= 0.6 is 11.3 Å². The van der Waals surface area contributed by atoms with Crippen LogP contribution in [0.15, 0.2) is 47.1 Å². The monoisotopic (exact) mass is 329 g/mol. The zero-order valence-electron chi connectivity index (χ0n) is 13.1. The summed E-state index contributed by atoms with van der Waals surface area (Å²) >= 11 is 1.50. The number of carbonyl (C=O) groups is 1. The van der Waals surface area contributed by atoms with Gasteiger partial charge in [-0.25, -0.2) is 0 Å². The average Bonchev–Trinajstić information content (AvgIpc) is 3.16. The number of amides is 1. The van der Waals surface area contributed by atoms with E-state index in [2.05, 4.69) is 5.32 Å². The summed E-state index contributed by atoms with van der Waals surface area (Å²) in [6.07, 6.45) is 1.22. The first-order valence-corrected chi connectivity index (χ1v) is 8.38. The number of hydrogen-bond donors (Lipinski definition) is 2. The number of aliphatic hydroxyl groups is 1. The van der Waals surface area contributed by atoms with Gasteiger partial charge in [0, 0.05) is 17.2 Å². The molecule has 120 valence electrons. The van der Waals surface area contributed by atoms with Crippen LogP contribution in [-0.4, -0.2) is 17.1 Å². The van der Waals surface area contributed by atoms with Gasteiger partial charge in [0.15, 0.2) is 0 Å². The Hall–Kier alpha value is -2.11. The lowest BCUT2D eigenvalue weighted by molar-refractivity contribution is 0.0906. The number of fused-ring (bicyclic) bond motifs is 1. The molecule has 0 aliphatic heterocycles. The smallest absolute Gasteiger partial charge is 0.261 e. The van der Waals surface area contributed by atoms with E-state index in [9.17, 15) is 9.90 Å². The lowest BCUT2D eigenvalue weighted by Crippen LogP contribution is -2.33. The predicted molar refractivity (Wildman–Crippen MR) is 91.8 cm³/mol. The van der Waals surface area contributed by atoms with Crippen LogP contribution in [0.4, 0.5) is 0 Å². The molecule has 0 aliphatic rings. The second kappa shape index (κ2) is 6.56. The molecule has 4 nitrogen and oxygen atoms in total. The minimum Gasteiger partial charge on any atom is -0.467 e. The van der Waals surface area contributed by atoms with Crippen LogP contribution in [0.1, 0.15) is 40.4 Å². The maximum atomic E-state index is 12.5. The quantitative estimate of drug-likeness (QED) is 0.742. The third-order valence-corrected chi connectivity index (χ3v) is 5.15. The van der Waals surface area contributed by atoms with Gasteiger partial charge in [0.1, 0.15) is 11.9 Å². The molecule has 2 heterocycles. The average molecular weight is 329 g/mol. The van der Waals surface area contributed by atoms with Crippen molar-refractivity contribution in [2.75, 3.05) is 0 Å². The molecule has 1 aromatic carbocycles. The molecule has 2 atom stereocenters. The Bertz CT molecular complexity index is 807. The fourth-order valence-electron chi connectivity index (χ4n) is 2.67. The number of furan rings is 1. The summed E-state index contributed by atoms with van der Waals surface area (Å²) in [5.41, 5.74) is 1.00. The van der Waals surface area contributed by atoms with Crippen molar-refractivity contribution in [2.45, 2.75) is 32.4 Å². The van der Waals surface area contributed by atoms with E-state index in [0.29, 0.717) is 12.2 Å². The molecule has 0 saturated heterocycles. The van der Waals surface area contributed by atoms with Gasteiger partial charge in [-0.2, -0.15) is 0 Å². The van der Waals surface area contributed by atoms with Crippen molar-refractivity contribution in [3.63, 3.8) is 0 Å². The van der Waals surface area contributed by atoms with E-state index < -0.39 is 6.10 Å². The largest absolute Gasteiger partial charge is 0.467 e. The second-order valence-electron chi connectivity index (χ2n) is 5.69. The molecular formula is C18H19NO3S. The highest BCUT2D eigenvalue weighted by atomic mass is 32.1. The van der Waals surface area contributed by atoms with E-state index in [4.69, 9.17) is 4.42 Å². The van der Waals surface area contributed by atoms with E-state index in [1.54, 1.807) is 12.1 Å². The minimum absolute atomic E-state index is 0.0946. The molecule has 0 bridgehead atoms. The SMILES string of the molecule is Cc1c(C(=O)N[C@@H](C)C[C@@H](O)c2ccco2)sc2ccccc12. The molecule has 2 N–H and O–H groups in total. The van der Waals surface area contributed by atoms with E-state index in [-0.39, 0.29) is 11.9 Å². The molecule has 0 spiro atoms. The summed E-state index contributed by atoms with van der Waals surface area (Å²) in [4.78, 5) is 13.2. The van der Waals surface area contributed by atoms with E-state index in [0.717, 1.165) is 20.5 Å². The van der Waals surface area contributed by atoms with Crippen LogP contribution in [0.5, 0.6) is 0 Å². The molecule has 0 aliphatic carbocycles. The molecule has 0 radical (unpaired) electrons. The number of aliphatic hydroxyl groups excluding tert-OH is 1. The van der Waals surface area contributed by atoms with Crippen molar-refractivity contribution in [2.24, 2.45) is 0 Å². The second-order valence-corrected chi connectivity index (χ2v) is 6.75. The molecule has 0 fully saturated rings. The van der Waals surface area contributed by atoms with Crippen LogP contribution < -0.4 is 5.32 Å². The third-order valence-electron chi connectivity index (χ3n) is 3.88. The van der Waals surface area contributed by atoms with Gasteiger partial charge in [-0.3, -0.25) is 4.79 Å². The summed E-state index contributed by atoms with van der Waals surface area (Å²) in [5, 5.41) is 14.2. The van der Waals surface area contributed by atoms with Crippen LogP contribution in [0.25, 0.3) is 10.1 Å². The van der Waals surface area contributed by atoms with Crippen LogP contribution in [0, 0.1) is 6.92 Å². The van der Waals surface area contributed by atoms with Crippen molar-refractivity contribution in [1.82, 2.24) is 5.32 Å². The van der Waals surface area contributed by atoms with Crippen molar-refractivity contribution >= 4 is 27.3 Å². The third kappa shape index (κ3) is 3.30. The molecule has 23 heavy (non-hydrogen) atoms. The molecule has 5 heteroatoms. The van der Waals surface area contributed by atoms with Crippen LogP contribution in [0.2, 0.25) is 0 Å². The summed E-state index contributed by atoms with van der Waals surface area (Å²) < 4.78 is 6.29. The minimum atomic E-state index is -0.719. The molecule has 1 amide bonds. The number of aryl methyl sites for hydroxylation is 1. The summed E-state index contributed by atoms with van der Waals surface area (Å²) in [6.45, 7) is 3.85. The summed E-state index contributed by atoms with van der Waals surface area (Å²) in [5.74, 6) is 0.423. The van der Waals surface area contributed by atoms with Gasteiger partial charge in [-0.1, -0.05) is 18.2 Å². The van der Waals surface area contributed by atoms with Crippen molar-refractivity contribution in [3.05, 3.63) is 58.9 Å². The van der Waals surface area contributed by atoms with E-state index >= 15 is 0 Å². The molecule has 3 rings (SSSR count). The number of benzene rings is 1. The number of hydrogen-bond acceptors (Lipinski definition) is 4. The Morgan fingerprint density at radius 1 is 1.30 bits per heavy atom. The Morgan fingerprint density at radius 2 is 2.09 bits per heavy atom. The maximum absolute atomic E-state index is 12.5. The molecule has 2 aromatic heterocycles. The first kappa shape index (κ1) is 15.8. The van der Waals surface area contributed by atoms with Gasteiger partial charge in [0.25, 0.3) is 5.91 Å². The van der Waals surface area contributed by atoms with E-state index in [1.165, 1.54) is 17.6 Å². The number of carbonyl (C=O) groups excluding carboxylic acids is 1.